The zero-order valence-electron chi connectivity index (χ0n) is 5.83. The fraction of sp³-hybridized carbons (Fsp3) is 0. The van der Waals surface area contributed by atoms with E-state index in [-0.39, 0.29) is 5.28 Å². The lowest BCUT2D eigenvalue weighted by Crippen LogP contribution is -1.94. The molecule has 0 amide bonds. The Morgan fingerprint density at radius 1 is 1.50 bits per heavy atom. The van der Waals surface area contributed by atoms with Crippen LogP contribution in [-0.2, 0) is 0 Å². The van der Waals surface area contributed by atoms with E-state index in [0.717, 1.165) is 4.60 Å². The lowest BCUT2D eigenvalue weighted by atomic mass is 10.4. The fourth-order valence-corrected chi connectivity index (χ4v) is 1.46. The highest BCUT2D eigenvalue weighted by Gasteiger charge is 2.06. The van der Waals surface area contributed by atoms with Crippen LogP contribution in [0.15, 0.2) is 16.7 Å². The van der Waals surface area contributed by atoms with Gasteiger partial charge in [-0.2, -0.15) is 4.98 Å². The Bertz CT molecular complexity index is 399. The summed E-state index contributed by atoms with van der Waals surface area (Å²) in [5.74, 6) is 0. The van der Waals surface area contributed by atoms with Crippen LogP contribution in [0.4, 0.5) is 5.69 Å². The van der Waals surface area contributed by atoms with Gasteiger partial charge in [-0.3, -0.25) is 0 Å². The van der Waals surface area contributed by atoms with Crippen LogP contribution in [0.1, 0.15) is 0 Å². The van der Waals surface area contributed by atoms with Crippen molar-refractivity contribution < 1.29 is 0 Å². The fourth-order valence-electron chi connectivity index (χ4n) is 0.926. The molecular weight excluding hydrogens is 243 g/mol. The van der Waals surface area contributed by atoms with E-state index in [2.05, 4.69) is 26.0 Å². The molecule has 2 rings (SSSR count). The van der Waals surface area contributed by atoms with Crippen LogP contribution in [0.3, 0.4) is 0 Å². The Kier molecular flexibility index (Phi) is 1.69. The van der Waals surface area contributed by atoms with Gasteiger partial charge in [0.25, 0.3) is 0 Å². The second kappa shape index (κ2) is 2.60. The molecule has 0 bridgehead atoms. The maximum absolute atomic E-state index is 5.64. The first-order valence-electron chi connectivity index (χ1n) is 3.15. The molecule has 0 aliphatic rings. The molecule has 62 valence electrons. The van der Waals surface area contributed by atoms with Gasteiger partial charge in [-0.05, 0) is 39.7 Å². The van der Waals surface area contributed by atoms with Gasteiger partial charge in [0.1, 0.15) is 4.60 Å². The van der Waals surface area contributed by atoms with Crippen molar-refractivity contribution in [1.29, 1.82) is 0 Å². The lowest BCUT2D eigenvalue weighted by Gasteiger charge is -1.96. The molecule has 2 aromatic heterocycles. The smallest absolute Gasteiger partial charge is 0.243 e. The van der Waals surface area contributed by atoms with E-state index in [1.54, 1.807) is 12.1 Å². The Balaban J connectivity index is 2.93. The number of hydrogen-bond acceptors (Lipinski definition) is 3. The molecule has 2 heterocycles. The molecule has 0 fully saturated rings. The second-order valence-corrected chi connectivity index (χ2v) is 3.38. The Morgan fingerprint density at radius 3 is 2.92 bits per heavy atom. The molecule has 2 aromatic rings. The van der Waals surface area contributed by atoms with E-state index in [0.29, 0.717) is 11.3 Å². The summed E-state index contributed by atoms with van der Waals surface area (Å²) in [5.41, 5.74) is 6.75. The summed E-state index contributed by atoms with van der Waals surface area (Å²) in [5, 5.41) is 4.11. The predicted octanol–water partition coefficient (Wildman–Crippen LogP) is 1.73. The first-order chi connectivity index (χ1) is 5.68. The Labute approximate surface area is 81.5 Å². The van der Waals surface area contributed by atoms with E-state index < -0.39 is 0 Å². The van der Waals surface area contributed by atoms with E-state index in [4.69, 9.17) is 17.3 Å². The maximum Gasteiger partial charge on any atom is 0.243 e. The van der Waals surface area contributed by atoms with Crippen molar-refractivity contribution >= 4 is 38.9 Å². The van der Waals surface area contributed by atoms with Gasteiger partial charge in [0.05, 0.1) is 5.69 Å². The van der Waals surface area contributed by atoms with E-state index in [9.17, 15) is 0 Å². The molecule has 0 atom stereocenters. The average molecular weight is 247 g/mol. The standard InChI is InChI=1S/C6H4BrClN4/c7-4-2-1-3(9)5-10-6(8)11-12(4)5/h1-2H,9H2. The van der Waals surface area contributed by atoms with Gasteiger partial charge in [-0.1, -0.05) is 0 Å². The molecular formula is C6H4BrClN4. The highest BCUT2D eigenvalue weighted by atomic mass is 79.9. The molecule has 0 aromatic carbocycles. The molecule has 2 N–H and O–H groups in total. The van der Waals surface area contributed by atoms with Crippen molar-refractivity contribution in [2.24, 2.45) is 0 Å². The summed E-state index contributed by atoms with van der Waals surface area (Å²) < 4.78 is 2.31. The van der Waals surface area contributed by atoms with Crippen molar-refractivity contribution in [1.82, 2.24) is 14.6 Å². The van der Waals surface area contributed by atoms with Crippen molar-refractivity contribution in [3.63, 3.8) is 0 Å². The summed E-state index contributed by atoms with van der Waals surface area (Å²) in [4.78, 5) is 3.94. The van der Waals surface area contributed by atoms with Gasteiger partial charge in [-0.25, -0.2) is 4.52 Å². The molecule has 0 saturated carbocycles. The van der Waals surface area contributed by atoms with Gasteiger partial charge in [0, 0.05) is 0 Å². The average Bonchev–Trinajstić information content (AvgIpc) is 2.41. The molecule has 6 heteroatoms. The van der Waals surface area contributed by atoms with Crippen LogP contribution in [0.2, 0.25) is 5.28 Å². The number of nitrogens with two attached hydrogens (primary N) is 1. The molecule has 0 radical (unpaired) electrons. The second-order valence-electron chi connectivity index (χ2n) is 2.23. The number of fused-ring (bicyclic) bond motifs is 1. The third kappa shape index (κ3) is 1.05. The lowest BCUT2D eigenvalue weighted by molar-refractivity contribution is 0.937. The van der Waals surface area contributed by atoms with Crippen LogP contribution in [-0.4, -0.2) is 14.6 Å². The number of nitrogens with zero attached hydrogens (tertiary/aromatic N) is 3. The Hall–Kier alpha value is -0.810. The SMILES string of the molecule is Nc1ccc(Br)n2nc(Cl)nc12. The molecule has 12 heavy (non-hydrogen) atoms. The summed E-state index contributed by atoms with van der Waals surface area (Å²) in [6.45, 7) is 0. The summed E-state index contributed by atoms with van der Waals surface area (Å²) >= 11 is 8.90. The van der Waals surface area contributed by atoms with Crippen LogP contribution in [0.25, 0.3) is 5.65 Å². The molecule has 0 unspecified atom stereocenters. The first-order valence-corrected chi connectivity index (χ1v) is 4.32. The van der Waals surface area contributed by atoms with E-state index in [1.807, 2.05) is 0 Å². The van der Waals surface area contributed by atoms with Crippen molar-refractivity contribution in [2.45, 2.75) is 0 Å². The number of aromatic nitrogens is 3. The summed E-state index contributed by atoms with van der Waals surface area (Å²) in [7, 11) is 0. The molecule has 0 aliphatic heterocycles. The van der Waals surface area contributed by atoms with Crippen LogP contribution in [0.5, 0.6) is 0 Å². The highest BCUT2D eigenvalue weighted by Crippen LogP contribution is 2.18. The number of hydrogen-bond donors (Lipinski definition) is 1. The maximum atomic E-state index is 5.64. The largest absolute Gasteiger partial charge is 0.396 e. The topological polar surface area (TPSA) is 56.2 Å². The van der Waals surface area contributed by atoms with Crippen LogP contribution >= 0.6 is 27.5 Å². The van der Waals surface area contributed by atoms with Gasteiger partial charge in [-0.15, -0.1) is 5.10 Å². The predicted molar refractivity (Wildman–Crippen MR) is 50.1 cm³/mol. The minimum Gasteiger partial charge on any atom is -0.396 e. The van der Waals surface area contributed by atoms with Crippen LogP contribution in [0, 0.1) is 0 Å². The number of anilines is 1. The normalized spacial score (nSPS) is 10.8. The highest BCUT2D eigenvalue weighted by molar-refractivity contribution is 9.10. The quantitative estimate of drug-likeness (QED) is 0.721. The Morgan fingerprint density at radius 2 is 2.25 bits per heavy atom. The summed E-state index contributed by atoms with van der Waals surface area (Å²) in [6, 6.07) is 3.53. The van der Waals surface area contributed by atoms with Crippen molar-refractivity contribution in [2.75, 3.05) is 5.73 Å². The van der Waals surface area contributed by atoms with E-state index in [1.165, 1.54) is 4.52 Å². The minimum absolute atomic E-state index is 0.189. The number of pyridine rings is 1. The first kappa shape index (κ1) is 7.82. The number of halogens is 2. The molecule has 4 nitrogen and oxygen atoms in total. The third-order valence-corrected chi connectivity index (χ3v) is 2.20. The molecule has 0 aliphatic carbocycles. The number of nitrogen functional groups attached to an aromatic ring is 1. The van der Waals surface area contributed by atoms with Gasteiger partial charge < -0.3 is 5.73 Å². The van der Waals surface area contributed by atoms with Crippen molar-refractivity contribution in [3.8, 4) is 0 Å². The minimum atomic E-state index is 0.189. The third-order valence-electron chi connectivity index (χ3n) is 1.44. The number of rotatable bonds is 0. The van der Waals surface area contributed by atoms with Crippen molar-refractivity contribution in [3.05, 3.63) is 22.0 Å². The molecule has 0 spiro atoms. The zero-order valence-corrected chi connectivity index (χ0v) is 8.17. The molecule has 0 saturated heterocycles. The van der Waals surface area contributed by atoms with Gasteiger partial charge in [0.2, 0.25) is 5.28 Å². The summed E-state index contributed by atoms with van der Waals surface area (Å²) in [6.07, 6.45) is 0. The van der Waals surface area contributed by atoms with Gasteiger partial charge >= 0.3 is 0 Å². The zero-order chi connectivity index (χ0) is 8.72. The van der Waals surface area contributed by atoms with Crippen LogP contribution < -0.4 is 5.73 Å². The van der Waals surface area contributed by atoms with E-state index >= 15 is 0 Å². The monoisotopic (exact) mass is 246 g/mol. The van der Waals surface area contributed by atoms with Gasteiger partial charge in [0.15, 0.2) is 5.65 Å².